The molecule has 15 heteroatoms. The zero-order valence-electron chi connectivity index (χ0n) is 21.2. The Hall–Kier alpha value is -2.97. The molecule has 3 aliphatic rings. The van der Waals surface area contributed by atoms with E-state index in [-0.39, 0.29) is 31.4 Å². The average molecular weight is 558 g/mol. The zero-order valence-corrected chi connectivity index (χ0v) is 22.0. The van der Waals surface area contributed by atoms with Gasteiger partial charge in [-0.3, -0.25) is 4.79 Å². The highest BCUT2D eigenvalue weighted by atomic mass is 35.5. The van der Waals surface area contributed by atoms with Crippen molar-refractivity contribution in [3.8, 4) is 11.3 Å². The monoisotopic (exact) mass is 557 g/mol. The molecule has 2 saturated heterocycles. The van der Waals surface area contributed by atoms with Crippen molar-refractivity contribution in [2.24, 2.45) is 5.73 Å². The van der Waals surface area contributed by atoms with Gasteiger partial charge < -0.3 is 30.9 Å². The summed E-state index contributed by atoms with van der Waals surface area (Å²) in [6.45, 7) is 5.88. The number of aromatic nitrogens is 4. The van der Waals surface area contributed by atoms with E-state index >= 15 is 0 Å². The summed E-state index contributed by atoms with van der Waals surface area (Å²) < 4.78 is 45.8. The third kappa shape index (κ3) is 4.80. The first kappa shape index (κ1) is 28.0. The third-order valence-electron chi connectivity index (χ3n) is 7.48. The number of carbonyl (C=O) groups excluding carboxylic acids is 1. The average Bonchev–Trinajstić information content (AvgIpc) is 3.48. The summed E-state index contributed by atoms with van der Waals surface area (Å²) in [5, 5.41) is 0. The van der Waals surface area contributed by atoms with Gasteiger partial charge in [-0.05, 0) is 26.7 Å². The molecular weight excluding hydrogens is 527 g/mol. The van der Waals surface area contributed by atoms with E-state index in [9.17, 15) is 18.0 Å². The summed E-state index contributed by atoms with van der Waals surface area (Å²) in [7, 11) is 0. The van der Waals surface area contributed by atoms with E-state index < -0.39 is 23.2 Å². The van der Waals surface area contributed by atoms with Crippen LogP contribution in [0.4, 0.5) is 30.9 Å². The van der Waals surface area contributed by atoms with Crippen LogP contribution in [0.3, 0.4) is 0 Å². The highest BCUT2D eigenvalue weighted by Gasteiger charge is 2.57. The van der Waals surface area contributed by atoms with E-state index in [1.165, 1.54) is 4.90 Å². The Labute approximate surface area is 224 Å². The maximum absolute atomic E-state index is 13.4. The number of hydrogen-bond acceptors (Lipinski definition) is 10. The molecule has 0 spiro atoms. The molecule has 0 saturated carbocycles. The highest BCUT2D eigenvalue weighted by molar-refractivity contribution is 5.87. The van der Waals surface area contributed by atoms with Crippen molar-refractivity contribution in [2.75, 3.05) is 61.5 Å². The Morgan fingerprint density at radius 1 is 1.11 bits per heavy atom. The van der Waals surface area contributed by atoms with Crippen molar-refractivity contribution < 1.29 is 22.7 Å². The molecule has 2 aromatic rings. The molecule has 5 rings (SSSR count). The Morgan fingerprint density at radius 3 is 2.39 bits per heavy atom. The van der Waals surface area contributed by atoms with Gasteiger partial charge in [0.1, 0.15) is 5.82 Å². The topological polar surface area (TPSA) is 140 Å². The van der Waals surface area contributed by atoms with Crippen LogP contribution in [0.25, 0.3) is 11.3 Å². The molecule has 2 atom stereocenters. The number of hydrogen-bond donors (Lipinski definition) is 2. The Kier molecular flexibility index (Phi) is 7.36. The van der Waals surface area contributed by atoms with E-state index in [4.69, 9.17) is 26.2 Å². The van der Waals surface area contributed by atoms with Crippen LogP contribution in [0.15, 0.2) is 12.4 Å². The molecule has 4 N–H and O–H groups in total. The fourth-order valence-corrected chi connectivity index (χ4v) is 5.16. The second-order valence-electron chi connectivity index (χ2n) is 10.2. The number of ether oxygens (including phenoxy) is 1. The normalized spacial score (nSPS) is 23.2. The van der Waals surface area contributed by atoms with Gasteiger partial charge in [0.15, 0.2) is 5.54 Å². The van der Waals surface area contributed by atoms with Crippen molar-refractivity contribution in [3.05, 3.63) is 18.0 Å². The first-order valence-corrected chi connectivity index (χ1v) is 12.1. The smallest absolute Gasteiger partial charge is 0.378 e. The van der Waals surface area contributed by atoms with Crippen LogP contribution in [0.1, 0.15) is 25.8 Å². The van der Waals surface area contributed by atoms with Gasteiger partial charge in [-0.15, -0.1) is 12.4 Å². The number of carbonyl (C=O) groups is 1. The number of amides is 1. The first-order valence-electron chi connectivity index (χ1n) is 12.1. The summed E-state index contributed by atoms with van der Waals surface area (Å²) >= 11 is 0. The molecular formula is C23H31ClF3N9O2. The second kappa shape index (κ2) is 9.97. The Balaban J connectivity index is 0.00000336. The predicted octanol–water partition coefficient (Wildman–Crippen LogP) is 1.41. The summed E-state index contributed by atoms with van der Waals surface area (Å²) in [6.07, 6.45) is -0.511. The quantitative estimate of drug-likeness (QED) is 0.567. The molecule has 2 fully saturated rings. The fourth-order valence-electron chi connectivity index (χ4n) is 5.16. The predicted molar refractivity (Wildman–Crippen MR) is 137 cm³/mol. The molecule has 38 heavy (non-hydrogen) atoms. The van der Waals surface area contributed by atoms with Crippen LogP contribution >= 0.6 is 12.4 Å². The third-order valence-corrected chi connectivity index (χ3v) is 7.48. The maximum atomic E-state index is 13.4. The summed E-state index contributed by atoms with van der Waals surface area (Å²) in [4.78, 5) is 36.1. The van der Waals surface area contributed by atoms with Gasteiger partial charge in [0.2, 0.25) is 11.9 Å². The van der Waals surface area contributed by atoms with Crippen LogP contribution in [0.2, 0.25) is 0 Å². The number of rotatable bonds is 4. The van der Waals surface area contributed by atoms with Crippen LogP contribution in [0.5, 0.6) is 0 Å². The summed E-state index contributed by atoms with van der Waals surface area (Å²) in [5.41, 5.74) is 9.83. The number of fused-ring (bicyclic) bond motifs is 1. The van der Waals surface area contributed by atoms with Crippen molar-refractivity contribution in [3.63, 3.8) is 0 Å². The van der Waals surface area contributed by atoms with Crippen molar-refractivity contribution in [1.29, 1.82) is 0 Å². The number of morpholine rings is 1. The number of nitrogen functional groups attached to an aromatic ring is 1. The lowest BCUT2D eigenvalue weighted by Gasteiger charge is -2.38. The Morgan fingerprint density at radius 2 is 1.76 bits per heavy atom. The van der Waals surface area contributed by atoms with Crippen molar-refractivity contribution >= 4 is 36.0 Å². The zero-order chi connectivity index (χ0) is 26.6. The van der Waals surface area contributed by atoms with E-state index in [0.717, 1.165) is 12.5 Å². The second-order valence-corrected chi connectivity index (χ2v) is 10.2. The number of likely N-dealkylation sites (tertiary alicyclic amines) is 1. The minimum atomic E-state index is -4.85. The minimum absolute atomic E-state index is 0. The van der Waals surface area contributed by atoms with Gasteiger partial charge in [-0.2, -0.15) is 18.2 Å². The number of alkyl halides is 3. The molecule has 208 valence electrons. The van der Waals surface area contributed by atoms with E-state index in [1.807, 2.05) is 11.8 Å². The first-order chi connectivity index (χ1) is 17.4. The number of nitrogens with zero attached hydrogens (tertiary/aromatic N) is 7. The molecule has 3 aliphatic heterocycles. The van der Waals surface area contributed by atoms with Gasteiger partial charge in [0.25, 0.3) is 5.91 Å². The van der Waals surface area contributed by atoms with Gasteiger partial charge in [-0.1, -0.05) is 0 Å². The van der Waals surface area contributed by atoms with Crippen LogP contribution in [0, 0.1) is 0 Å². The molecule has 0 aliphatic carbocycles. The standard InChI is InChI=1S/C23H30F3N9O2.ClH/c1-21(4-6-34(13-21)18(36)22(2,28)23(24,25)26)35-5-3-15-16(14-11-29-19(27)30-12-14)31-20(32-17(15)35)33-7-9-37-10-8-33;/h11-12H,3-10,13,28H2,1-2H3,(H2,27,29,30);1H/t21-,22-;/m0./s1. The highest BCUT2D eigenvalue weighted by Crippen LogP contribution is 2.42. The lowest BCUT2D eigenvalue weighted by atomic mass is 9.98. The molecule has 0 radical (unpaired) electrons. The fraction of sp³-hybridized carbons (Fsp3) is 0.609. The van der Waals surface area contributed by atoms with Gasteiger partial charge in [0, 0.05) is 56.2 Å². The van der Waals surface area contributed by atoms with Gasteiger partial charge >= 0.3 is 6.18 Å². The van der Waals surface area contributed by atoms with Gasteiger partial charge in [-0.25, -0.2) is 15.0 Å². The van der Waals surface area contributed by atoms with Crippen molar-refractivity contribution in [1.82, 2.24) is 24.8 Å². The Bertz CT molecular complexity index is 1190. The maximum Gasteiger partial charge on any atom is 0.415 e. The lowest BCUT2D eigenvalue weighted by molar-refractivity contribution is -0.193. The molecule has 1 amide bonds. The molecule has 0 bridgehead atoms. The minimum Gasteiger partial charge on any atom is -0.378 e. The van der Waals surface area contributed by atoms with E-state index in [2.05, 4.69) is 14.9 Å². The molecule has 0 unspecified atom stereocenters. The molecule has 0 aromatic carbocycles. The van der Waals surface area contributed by atoms with Crippen LogP contribution in [-0.4, -0.2) is 93.9 Å². The van der Waals surface area contributed by atoms with E-state index in [0.29, 0.717) is 68.7 Å². The van der Waals surface area contributed by atoms with E-state index in [1.54, 1.807) is 12.4 Å². The van der Waals surface area contributed by atoms with Crippen molar-refractivity contribution in [2.45, 2.75) is 43.9 Å². The van der Waals surface area contributed by atoms with Gasteiger partial charge in [0.05, 0.1) is 24.4 Å². The lowest BCUT2D eigenvalue weighted by Crippen LogP contribution is -2.62. The molecule has 2 aromatic heterocycles. The van der Waals surface area contributed by atoms with Crippen LogP contribution < -0.4 is 21.3 Å². The SMILES string of the molecule is C[C@]1(N2CCc3c(-c4cnc(N)nc4)nc(N4CCOCC4)nc32)CCN(C(=O)[C@](C)(N)C(F)(F)F)C1.Cl. The molecule has 11 nitrogen and oxygen atoms in total. The number of anilines is 3. The number of halogens is 4. The van der Waals surface area contributed by atoms with Crippen LogP contribution in [-0.2, 0) is 16.0 Å². The summed E-state index contributed by atoms with van der Waals surface area (Å²) in [5.74, 6) is 0.256. The summed E-state index contributed by atoms with van der Waals surface area (Å²) in [6, 6.07) is 0. The largest absolute Gasteiger partial charge is 0.415 e. The number of nitrogens with two attached hydrogens (primary N) is 2. The molecule has 5 heterocycles.